The van der Waals surface area contributed by atoms with Crippen molar-refractivity contribution in [3.05, 3.63) is 65.2 Å². The van der Waals surface area contributed by atoms with Crippen LogP contribution in [0.1, 0.15) is 21.5 Å². The minimum atomic E-state index is -0.944. The predicted molar refractivity (Wildman–Crippen MR) is 78.0 cm³/mol. The van der Waals surface area contributed by atoms with Crippen LogP contribution in [-0.2, 0) is 0 Å². The number of halogens is 1. The molecule has 0 aliphatic heterocycles. The summed E-state index contributed by atoms with van der Waals surface area (Å²) in [4.78, 5) is 10.7. The molecule has 19 heavy (non-hydrogen) atoms. The Kier molecular flexibility index (Phi) is 3.88. The van der Waals surface area contributed by atoms with Crippen molar-refractivity contribution in [1.82, 2.24) is 0 Å². The Balaban J connectivity index is 2.25. The predicted octanol–water partition coefficient (Wildman–Crippen LogP) is 3.70. The molecule has 0 spiro atoms. The molecule has 0 heterocycles. The van der Waals surface area contributed by atoms with Gasteiger partial charge in [-0.2, -0.15) is 0 Å². The van der Waals surface area contributed by atoms with Crippen molar-refractivity contribution in [1.29, 1.82) is 0 Å². The molecular formula is C15H12ClNO2. The zero-order chi connectivity index (χ0) is 13.8. The van der Waals surface area contributed by atoms with Crippen LogP contribution in [0.25, 0.3) is 11.1 Å². The van der Waals surface area contributed by atoms with E-state index in [0.717, 1.165) is 11.1 Å². The third-order valence-corrected chi connectivity index (χ3v) is 2.96. The fraction of sp³-hybridized carbons (Fsp3) is 0. The summed E-state index contributed by atoms with van der Waals surface area (Å²) in [5.41, 5.74) is 8.24. The SMILES string of the molecule is Nc1ccc(C(Cl)=Cc2ccc(C(=O)O)cc2)cc1. The van der Waals surface area contributed by atoms with Gasteiger partial charge in [-0.1, -0.05) is 35.9 Å². The average molecular weight is 274 g/mol. The molecule has 0 aliphatic carbocycles. The number of aromatic carboxylic acids is 1. The lowest BCUT2D eigenvalue weighted by molar-refractivity contribution is 0.0697. The van der Waals surface area contributed by atoms with Gasteiger partial charge in [0.25, 0.3) is 0 Å². The summed E-state index contributed by atoms with van der Waals surface area (Å²) in [6.07, 6.45) is 1.78. The highest BCUT2D eigenvalue weighted by molar-refractivity contribution is 6.51. The van der Waals surface area contributed by atoms with Crippen molar-refractivity contribution in [2.45, 2.75) is 0 Å². The third kappa shape index (κ3) is 3.36. The second-order valence-electron chi connectivity index (χ2n) is 4.04. The maximum atomic E-state index is 10.7. The molecule has 2 rings (SSSR count). The molecule has 0 radical (unpaired) electrons. The first-order valence-electron chi connectivity index (χ1n) is 5.63. The van der Waals surface area contributed by atoms with Crippen molar-refractivity contribution in [2.75, 3.05) is 5.73 Å². The quantitative estimate of drug-likeness (QED) is 0.662. The van der Waals surface area contributed by atoms with Gasteiger partial charge in [-0.25, -0.2) is 4.79 Å². The van der Waals surface area contributed by atoms with Gasteiger partial charge in [0.05, 0.1) is 5.56 Å². The maximum absolute atomic E-state index is 10.7. The van der Waals surface area contributed by atoms with Crippen LogP contribution in [0.5, 0.6) is 0 Å². The van der Waals surface area contributed by atoms with Gasteiger partial charge in [-0.15, -0.1) is 0 Å². The molecule has 0 saturated carbocycles. The van der Waals surface area contributed by atoms with Gasteiger partial charge in [0.2, 0.25) is 0 Å². The van der Waals surface area contributed by atoms with Crippen molar-refractivity contribution in [2.24, 2.45) is 0 Å². The number of anilines is 1. The summed E-state index contributed by atoms with van der Waals surface area (Å²) >= 11 is 6.20. The van der Waals surface area contributed by atoms with Gasteiger partial charge in [-0.3, -0.25) is 0 Å². The van der Waals surface area contributed by atoms with Crippen LogP contribution in [-0.4, -0.2) is 11.1 Å². The Morgan fingerprint density at radius 3 is 2.05 bits per heavy atom. The monoisotopic (exact) mass is 273 g/mol. The molecule has 96 valence electrons. The van der Waals surface area contributed by atoms with Crippen molar-refractivity contribution >= 4 is 34.4 Å². The molecule has 2 aromatic carbocycles. The number of nitrogen functional groups attached to an aromatic ring is 1. The van der Waals surface area contributed by atoms with Crippen LogP contribution in [0.15, 0.2) is 48.5 Å². The number of hydrogen-bond acceptors (Lipinski definition) is 2. The van der Waals surface area contributed by atoms with E-state index in [1.807, 2.05) is 12.1 Å². The first-order chi connectivity index (χ1) is 9.06. The van der Waals surface area contributed by atoms with Gasteiger partial charge >= 0.3 is 5.97 Å². The van der Waals surface area contributed by atoms with Crippen LogP contribution in [0.2, 0.25) is 0 Å². The molecule has 0 unspecified atom stereocenters. The second kappa shape index (κ2) is 5.59. The molecule has 0 aromatic heterocycles. The zero-order valence-electron chi connectivity index (χ0n) is 10.0. The molecule has 3 N–H and O–H groups in total. The number of hydrogen-bond donors (Lipinski definition) is 2. The molecule has 4 heteroatoms. The molecule has 0 saturated heterocycles. The van der Waals surface area contributed by atoms with Crippen molar-refractivity contribution in [3.8, 4) is 0 Å². The van der Waals surface area contributed by atoms with Crippen molar-refractivity contribution in [3.63, 3.8) is 0 Å². The van der Waals surface area contributed by atoms with E-state index in [-0.39, 0.29) is 5.56 Å². The van der Waals surface area contributed by atoms with E-state index in [0.29, 0.717) is 10.7 Å². The number of benzene rings is 2. The van der Waals surface area contributed by atoms with E-state index >= 15 is 0 Å². The van der Waals surface area contributed by atoms with Gasteiger partial charge in [0.15, 0.2) is 0 Å². The van der Waals surface area contributed by atoms with Crippen LogP contribution in [0.3, 0.4) is 0 Å². The summed E-state index contributed by atoms with van der Waals surface area (Å²) in [6.45, 7) is 0. The molecule has 3 nitrogen and oxygen atoms in total. The summed E-state index contributed by atoms with van der Waals surface area (Å²) in [5, 5.41) is 9.38. The van der Waals surface area contributed by atoms with Crippen LogP contribution in [0, 0.1) is 0 Å². The minimum Gasteiger partial charge on any atom is -0.478 e. The summed E-state index contributed by atoms with van der Waals surface area (Å²) in [7, 11) is 0. The standard InChI is InChI=1S/C15H12ClNO2/c16-14(11-5-7-13(17)8-6-11)9-10-1-3-12(4-2-10)15(18)19/h1-9H,17H2,(H,18,19). The zero-order valence-corrected chi connectivity index (χ0v) is 10.8. The Labute approximate surface area is 115 Å². The number of nitrogens with two attached hydrogens (primary N) is 1. The lowest BCUT2D eigenvalue weighted by atomic mass is 10.1. The van der Waals surface area contributed by atoms with Gasteiger partial charge in [0.1, 0.15) is 0 Å². The third-order valence-electron chi connectivity index (χ3n) is 2.64. The van der Waals surface area contributed by atoms with E-state index < -0.39 is 5.97 Å². The van der Waals surface area contributed by atoms with Crippen LogP contribution < -0.4 is 5.73 Å². The highest BCUT2D eigenvalue weighted by Gasteiger charge is 2.02. The second-order valence-corrected chi connectivity index (χ2v) is 4.45. The van der Waals surface area contributed by atoms with Crippen molar-refractivity contribution < 1.29 is 9.90 Å². The number of carboxylic acid groups (broad SMARTS) is 1. The van der Waals surface area contributed by atoms with E-state index in [4.69, 9.17) is 22.4 Å². The first kappa shape index (κ1) is 13.2. The van der Waals surface area contributed by atoms with E-state index in [1.165, 1.54) is 0 Å². The number of carboxylic acids is 1. The maximum Gasteiger partial charge on any atom is 0.335 e. The van der Waals surface area contributed by atoms with Gasteiger partial charge in [0, 0.05) is 10.7 Å². The highest BCUT2D eigenvalue weighted by Crippen LogP contribution is 2.23. The fourth-order valence-electron chi connectivity index (χ4n) is 1.59. The molecule has 2 aromatic rings. The van der Waals surface area contributed by atoms with E-state index in [9.17, 15) is 4.79 Å². The molecule has 0 amide bonds. The van der Waals surface area contributed by atoms with E-state index in [2.05, 4.69) is 0 Å². The van der Waals surface area contributed by atoms with Crippen LogP contribution in [0.4, 0.5) is 5.69 Å². The topological polar surface area (TPSA) is 63.3 Å². The highest BCUT2D eigenvalue weighted by atomic mass is 35.5. The smallest absolute Gasteiger partial charge is 0.335 e. The Bertz CT molecular complexity index is 616. The Hall–Kier alpha value is -2.26. The first-order valence-corrected chi connectivity index (χ1v) is 6.00. The molecular weight excluding hydrogens is 262 g/mol. The number of rotatable bonds is 3. The molecule has 0 atom stereocenters. The summed E-state index contributed by atoms with van der Waals surface area (Å²) in [6, 6.07) is 13.7. The lowest BCUT2D eigenvalue weighted by Crippen LogP contribution is -1.94. The van der Waals surface area contributed by atoms with Gasteiger partial charge < -0.3 is 10.8 Å². The van der Waals surface area contributed by atoms with Gasteiger partial charge in [-0.05, 0) is 41.5 Å². The molecule has 0 fully saturated rings. The molecule has 0 bridgehead atoms. The van der Waals surface area contributed by atoms with E-state index in [1.54, 1.807) is 42.5 Å². The normalized spacial score (nSPS) is 11.3. The Morgan fingerprint density at radius 2 is 1.53 bits per heavy atom. The summed E-state index contributed by atoms with van der Waals surface area (Å²) in [5.74, 6) is -0.944. The van der Waals surface area contributed by atoms with Crippen LogP contribution >= 0.6 is 11.6 Å². The lowest BCUT2D eigenvalue weighted by Gasteiger charge is -2.01. The fourth-order valence-corrected chi connectivity index (χ4v) is 1.85. The largest absolute Gasteiger partial charge is 0.478 e. The minimum absolute atomic E-state index is 0.251. The summed E-state index contributed by atoms with van der Waals surface area (Å²) < 4.78 is 0. The molecule has 0 aliphatic rings. The Morgan fingerprint density at radius 1 is 1.00 bits per heavy atom. The number of carbonyl (C=O) groups is 1. The average Bonchev–Trinajstić information content (AvgIpc) is 2.40.